The van der Waals surface area contributed by atoms with Gasteiger partial charge in [-0.25, -0.2) is 0 Å². The van der Waals surface area contributed by atoms with Crippen LogP contribution >= 0.6 is 0 Å². The number of nitrogens with one attached hydrogen (secondary N) is 1. The lowest BCUT2D eigenvalue weighted by Gasteiger charge is -2.18. The van der Waals surface area contributed by atoms with Gasteiger partial charge in [-0.1, -0.05) is 6.92 Å². The number of amides is 2. The Balaban J connectivity index is 3.67. The molecule has 0 saturated carbocycles. The topological polar surface area (TPSA) is 49.4 Å². The van der Waals surface area contributed by atoms with E-state index in [9.17, 15) is 9.59 Å². The lowest BCUT2D eigenvalue weighted by molar-refractivity contribution is -0.130. The van der Waals surface area contributed by atoms with Gasteiger partial charge in [-0.05, 0) is 13.8 Å². The van der Waals surface area contributed by atoms with Crippen LogP contribution in [0, 0.1) is 0 Å². The molecule has 0 aliphatic rings. The summed E-state index contributed by atoms with van der Waals surface area (Å²) in [7, 11) is 0. The molecule has 0 atom stereocenters. The van der Waals surface area contributed by atoms with Gasteiger partial charge < -0.3 is 10.2 Å². The van der Waals surface area contributed by atoms with Crippen LogP contribution in [0.1, 0.15) is 33.6 Å². The summed E-state index contributed by atoms with van der Waals surface area (Å²) in [5, 5.41) is 2.68. The van der Waals surface area contributed by atoms with Crippen LogP contribution in [0.2, 0.25) is 0 Å². The molecular formula is C10H20N2O2. The van der Waals surface area contributed by atoms with Crippen molar-refractivity contribution >= 4 is 11.8 Å². The van der Waals surface area contributed by atoms with Gasteiger partial charge in [-0.15, -0.1) is 0 Å². The maximum absolute atomic E-state index is 11.4. The highest BCUT2D eigenvalue weighted by molar-refractivity contribution is 5.78. The zero-order valence-electron chi connectivity index (χ0n) is 9.30. The Morgan fingerprint density at radius 1 is 1.14 bits per heavy atom. The Labute approximate surface area is 85.7 Å². The third kappa shape index (κ3) is 4.84. The van der Waals surface area contributed by atoms with Crippen molar-refractivity contribution in [3.63, 3.8) is 0 Å². The Hall–Kier alpha value is -1.06. The summed E-state index contributed by atoms with van der Waals surface area (Å²) in [5.74, 6) is 0.101. The summed E-state index contributed by atoms with van der Waals surface area (Å²) in [5.41, 5.74) is 0. The molecule has 0 bridgehead atoms. The van der Waals surface area contributed by atoms with Gasteiger partial charge >= 0.3 is 0 Å². The van der Waals surface area contributed by atoms with Crippen molar-refractivity contribution < 1.29 is 9.59 Å². The lowest BCUT2D eigenvalue weighted by atomic mass is 10.3. The predicted molar refractivity (Wildman–Crippen MR) is 55.8 cm³/mol. The van der Waals surface area contributed by atoms with E-state index in [0.717, 1.165) is 13.1 Å². The first-order valence-corrected chi connectivity index (χ1v) is 5.20. The van der Waals surface area contributed by atoms with E-state index in [1.54, 1.807) is 11.8 Å². The first-order valence-electron chi connectivity index (χ1n) is 5.20. The zero-order valence-corrected chi connectivity index (χ0v) is 9.30. The molecule has 82 valence electrons. The summed E-state index contributed by atoms with van der Waals surface area (Å²) in [6.45, 7) is 7.61. The van der Waals surface area contributed by atoms with Crippen LogP contribution in [0.15, 0.2) is 0 Å². The summed E-state index contributed by atoms with van der Waals surface area (Å²) >= 11 is 0. The average Bonchev–Trinajstić information content (AvgIpc) is 2.19. The number of carbonyl (C=O) groups is 2. The van der Waals surface area contributed by atoms with Gasteiger partial charge in [0, 0.05) is 32.5 Å². The molecule has 0 aliphatic carbocycles. The van der Waals surface area contributed by atoms with Crippen molar-refractivity contribution in [3.8, 4) is 0 Å². The normalized spacial score (nSPS) is 9.64. The summed E-state index contributed by atoms with van der Waals surface area (Å²) in [4.78, 5) is 24.1. The Bertz CT molecular complexity index is 189. The van der Waals surface area contributed by atoms with Gasteiger partial charge in [0.2, 0.25) is 11.8 Å². The Morgan fingerprint density at radius 2 is 1.71 bits per heavy atom. The molecule has 14 heavy (non-hydrogen) atoms. The van der Waals surface area contributed by atoms with Gasteiger partial charge in [-0.2, -0.15) is 0 Å². The van der Waals surface area contributed by atoms with Gasteiger partial charge in [0.25, 0.3) is 0 Å². The third-order valence-electron chi connectivity index (χ3n) is 2.10. The van der Waals surface area contributed by atoms with Gasteiger partial charge in [0.05, 0.1) is 0 Å². The fourth-order valence-electron chi connectivity index (χ4n) is 1.17. The van der Waals surface area contributed by atoms with E-state index in [4.69, 9.17) is 0 Å². The smallest absolute Gasteiger partial charge is 0.224 e. The monoisotopic (exact) mass is 200 g/mol. The van der Waals surface area contributed by atoms with Crippen LogP contribution in [-0.4, -0.2) is 36.3 Å². The second-order valence-electron chi connectivity index (χ2n) is 3.02. The van der Waals surface area contributed by atoms with Crippen molar-refractivity contribution in [1.29, 1.82) is 0 Å². The third-order valence-corrected chi connectivity index (χ3v) is 2.10. The van der Waals surface area contributed by atoms with Crippen molar-refractivity contribution in [2.45, 2.75) is 33.6 Å². The van der Waals surface area contributed by atoms with Crippen molar-refractivity contribution in [3.05, 3.63) is 0 Å². The van der Waals surface area contributed by atoms with Crippen LogP contribution in [-0.2, 0) is 9.59 Å². The molecule has 0 aliphatic heterocycles. The van der Waals surface area contributed by atoms with E-state index in [1.165, 1.54) is 0 Å². The molecule has 1 N–H and O–H groups in total. The highest BCUT2D eigenvalue weighted by Gasteiger charge is 2.08. The molecule has 4 heteroatoms. The molecular weight excluding hydrogens is 180 g/mol. The molecule has 0 unspecified atom stereocenters. The molecule has 0 aromatic rings. The summed E-state index contributed by atoms with van der Waals surface area (Å²) in [6, 6.07) is 0. The van der Waals surface area contributed by atoms with E-state index in [1.807, 2.05) is 13.8 Å². The number of nitrogens with zero attached hydrogens (tertiary/aromatic N) is 1. The largest absolute Gasteiger partial charge is 0.356 e. The Kier molecular flexibility index (Phi) is 6.80. The first-order chi connectivity index (χ1) is 6.65. The molecule has 0 aromatic heterocycles. The Morgan fingerprint density at radius 3 is 2.14 bits per heavy atom. The molecule has 0 spiro atoms. The fraction of sp³-hybridized carbons (Fsp3) is 0.800. The van der Waals surface area contributed by atoms with Crippen molar-refractivity contribution in [1.82, 2.24) is 10.2 Å². The molecule has 0 heterocycles. The standard InChI is InChI=1S/C10H20N2O2/c1-4-9(13)11-8-7-10(14)12(5-2)6-3/h4-8H2,1-3H3,(H,11,13). The minimum atomic E-state index is -0.00246. The van der Waals surface area contributed by atoms with E-state index in [2.05, 4.69) is 5.32 Å². The minimum Gasteiger partial charge on any atom is -0.356 e. The molecule has 4 nitrogen and oxygen atoms in total. The van der Waals surface area contributed by atoms with Crippen molar-refractivity contribution in [2.75, 3.05) is 19.6 Å². The quantitative estimate of drug-likeness (QED) is 0.688. The second kappa shape index (κ2) is 7.35. The molecule has 0 rings (SSSR count). The lowest BCUT2D eigenvalue weighted by Crippen LogP contribution is -2.34. The van der Waals surface area contributed by atoms with Crippen LogP contribution in [0.25, 0.3) is 0 Å². The number of carbonyl (C=O) groups excluding carboxylic acids is 2. The number of hydrogen-bond donors (Lipinski definition) is 1. The van der Waals surface area contributed by atoms with Gasteiger partial charge in [-0.3, -0.25) is 9.59 Å². The summed E-state index contributed by atoms with van der Waals surface area (Å²) < 4.78 is 0. The number of rotatable bonds is 6. The molecule has 0 fully saturated rings. The predicted octanol–water partition coefficient (Wildman–Crippen LogP) is 0.771. The average molecular weight is 200 g/mol. The highest BCUT2D eigenvalue weighted by atomic mass is 16.2. The molecule has 0 aromatic carbocycles. The van der Waals surface area contributed by atoms with Crippen LogP contribution in [0.4, 0.5) is 0 Å². The van der Waals surface area contributed by atoms with Crippen molar-refractivity contribution in [2.24, 2.45) is 0 Å². The van der Waals surface area contributed by atoms with Gasteiger partial charge in [0.15, 0.2) is 0 Å². The van der Waals surface area contributed by atoms with E-state index in [-0.39, 0.29) is 11.8 Å². The van der Waals surface area contributed by atoms with Crippen LogP contribution in [0.5, 0.6) is 0 Å². The van der Waals surface area contributed by atoms with E-state index < -0.39 is 0 Å². The number of hydrogen-bond acceptors (Lipinski definition) is 2. The SMILES string of the molecule is CCC(=O)NCCC(=O)N(CC)CC. The van der Waals surface area contributed by atoms with E-state index >= 15 is 0 Å². The fourth-order valence-corrected chi connectivity index (χ4v) is 1.17. The minimum absolute atomic E-state index is 0.00246. The maximum Gasteiger partial charge on any atom is 0.224 e. The first kappa shape index (κ1) is 12.9. The van der Waals surface area contributed by atoms with Crippen LogP contribution < -0.4 is 5.32 Å². The highest BCUT2D eigenvalue weighted by Crippen LogP contribution is 1.92. The van der Waals surface area contributed by atoms with Gasteiger partial charge in [0.1, 0.15) is 0 Å². The zero-order chi connectivity index (χ0) is 11.0. The molecule has 0 saturated heterocycles. The second-order valence-corrected chi connectivity index (χ2v) is 3.02. The molecule has 2 amide bonds. The maximum atomic E-state index is 11.4. The molecule has 0 radical (unpaired) electrons. The summed E-state index contributed by atoms with van der Waals surface area (Å²) in [6.07, 6.45) is 0.868. The van der Waals surface area contributed by atoms with Crippen LogP contribution in [0.3, 0.4) is 0 Å². The van der Waals surface area contributed by atoms with E-state index in [0.29, 0.717) is 19.4 Å².